The van der Waals surface area contributed by atoms with Gasteiger partial charge < -0.3 is 14.2 Å². The minimum absolute atomic E-state index is 0.0137. The summed E-state index contributed by atoms with van der Waals surface area (Å²) < 4.78 is 7.32. The van der Waals surface area contributed by atoms with E-state index >= 15 is 0 Å². The van der Waals surface area contributed by atoms with Crippen LogP contribution in [0.2, 0.25) is 0 Å². The average molecular weight is 464 g/mol. The summed E-state index contributed by atoms with van der Waals surface area (Å²) in [7, 11) is 0. The van der Waals surface area contributed by atoms with Crippen LogP contribution in [0.15, 0.2) is 95.7 Å². The van der Waals surface area contributed by atoms with Crippen molar-refractivity contribution in [2.24, 2.45) is 0 Å². The average Bonchev–Trinajstić information content (AvgIpc) is 3.59. The monoisotopic (exact) mass is 463 g/mol. The molecule has 7 heteroatoms. The van der Waals surface area contributed by atoms with Crippen LogP contribution in [-0.4, -0.2) is 51.8 Å². The number of carbonyl (C=O) groups is 1. The number of hydrogen-bond acceptors (Lipinski definition) is 5. The minimum atomic E-state index is 0.0137. The van der Waals surface area contributed by atoms with E-state index in [1.807, 2.05) is 71.6 Å². The van der Waals surface area contributed by atoms with Gasteiger partial charge in [0.15, 0.2) is 5.65 Å². The molecule has 5 aromatic rings. The first kappa shape index (κ1) is 21.2. The van der Waals surface area contributed by atoms with E-state index in [0.29, 0.717) is 30.8 Å². The van der Waals surface area contributed by atoms with Gasteiger partial charge in [-0.25, -0.2) is 9.67 Å². The first-order valence-electron chi connectivity index (χ1n) is 11.8. The van der Waals surface area contributed by atoms with Crippen molar-refractivity contribution in [2.75, 3.05) is 31.1 Å². The lowest BCUT2D eigenvalue weighted by molar-refractivity contribution is 0.0748. The number of rotatable bonds is 5. The van der Waals surface area contributed by atoms with Crippen molar-refractivity contribution < 1.29 is 9.21 Å². The maximum absolute atomic E-state index is 13.8. The SMILES string of the molecule is O=C(c1cc(-c2ccccc2)nc2c1cnn2Cc1ccco1)N1CCN(c2ccccc2)CC1. The van der Waals surface area contributed by atoms with Crippen LogP contribution in [-0.2, 0) is 6.54 Å². The van der Waals surface area contributed by atoms with Crippen LogP contribution in [0.25, 0.3) is 22.3 Å². The molecule has 1 aliphatic heterocycles. The maximum atomic E-state index is 13.8. The zero-order valence-electron chi connectivity index (χ0n) is 19.2. The molecule has 7 nitrogen and oxygen atoms in total. The van der Waals surface area contributed by atoms with E-state index in [0.717, 1.165) is 35.5 Å². The van der Waals surface area contributed by atoms with E-state index < -0.39 is 0 Å². The lowest BCUT2D eigenvalue weighted by Gasteiger charge is -2.36. The summed E-state index contributed by atoms with van der Waals surface area (Å²) >= 11 is 0. The van der Waals surface area contributed by atoms with Crippen molar-refractivity contribution in [3.63, 3.8) is 0 Å². The molecule has 1 aliphatic rings. The summed E-state index contributed by atoms with van der Waals surface area (Å²) in [5.74, 6) is 0.798. The first-order chi connectivity index (χ1) is 17.3. The molecule has 1 fully saturated rings. The van der Waals surface area contributed by atoms with Crippen molar-refractivity contribution in [3.05, 3.63) is 103 Å². The minimum Gasteiger partial charge on any atom is -0.467 e. The number of anilines is 1. The molecule has 0 unspecified atom stereocenters. The molecule has 0 N–H and O–H groups in total. The molecular formula is C28H25N5O2. The van der Waals surface area contributed by atoms with Crippen LogP contribution in [0, 0.1) is 0 Å². The quantitative estimate of drug-likeness (QED) is 0.378. The Hall–Kier alpha value is -4.39. The number of piperazine rings is 1. The molecule has 2 aromatic carbocycles. The van der Waals surface area contributed by atoms with Gasteiger partial charge >= 0.3 is 0 Å². The Morgan fingerprint density at radius 3 is 2.34 bits per heavy atom. The summed E-state index contributed by atoms with van der Waals surface area (Å²) in [5, 5.41) is 5.32. The summed E-state index contributed by atoms with van der Waals surface area (Å²) in [6.07, 6.45) is 3.39. The van der Waals surface area contributed by atoms with E-state index in [1.165, 1.54) is 5.69 Å². The van der Waals surface area contributed by atoms with Gasteiger partial charge in [0.2, 0.25) is 0 Å². The molecular weight excluding hydrogens is 438 g/mol. The molecule has 35 heavy (non-hydrogen) atoms. The second kappa shape index (κ2) is 9.10. The second-order valence-corrected chi connectivity index (χ2v) is 8.65. The van der Waals surface area contributed by atoms with Crippen molar-refractivity contribution in [2.45, 2.75) is 6.54 Å². The predicted molar refractivity (Wildman–Crippen MR) is 135 cm³/mol. The summed E-state index contributed by atoms with van der Waals surface area (Å²) in [4.78, 5) is 23.0. The zero-order valence-corrected chi connectivity index (χ0v) is 19.2. The third-order valence-electron chi connectivity index (χ3n) is 6.48. The number of nitrogens with zero attached hydrogens (tertiary/aromatic N) is 5. The fraction of sp³-hybridized carbons (Fsp3) is 0.179. The van der Waals surface area contributed by atoms with E-state index in [-0.39, 0.29) is 5.91 Å². The number of pyridine rings is 1. The largest absolute Gasteiger partial charge is 0.467 e. The van der Waals surface area contributed by atoms with Gasteiger partial charge in [-0.1, -0.05) is 48.5 Å². The van der Waals surface area contributed by atoms with Crippen molar-refractivity contribution in [3.8, 4) is 11.3 Å². The molecule has 4 heterocycles. The normalized spacial score (nSPS) is 13.9. The highest BCUT2D eigenvalue weighted by atomic mass is 16.3. The van der Waals surface area contributed by atoms with Gasteiger partial charge in [-0.15, -0.1) is 0 Å². The van der Waals surface area contributed by atoms with E-state index in [9.17, 15) is 4.79 Å². The molecule has 3 aromatic heterocycles. The molecule has 6 rings (SSSR count). The summed E-state index contributed by atoms with van der Waals surface area (Å²) in [6.45, 7) is 3.38. The number of furan rings is 1. The van der Waals surface area contributed by atoms with Crippen LogP contribution in [0.5, 0.6) is 0 Å². The van der Waals surface area contributed by atoms with Crippen LogP contribution < -0.4 is 4.90 Å². The molecule has 0 spiro atoms. The zero-order chi connectivity index (χ0) is 23.6. The van der Waals surface area contributed by atoms with Crippen molar-refractivity contribution >= 4 is 22.6 Å². The molecule has 174 valence electrons. The van der Waals surface area contributed by atoms with E-state index in [1.54, 1.807) is 17.1 Å². The fourth-order valence-corrected chi connectivity index (χ4v) is 4.62. The number of para-hydroxylation sites is 1. The third-order valence-corrected chi connectivity index (χ3v) is 6.48. The number of benzene rings is 2. The van der Waals surface area contributed by atoms with Gasteiger partial charge in [-0.3, -0.25) is 4.79 Å². The molecule has 0 aliphatic carbocycles. The van der Waals surface area contributed by atoms with Gasteiger partial charge in [-0.2, -0.15) is 5.10 Å². The molecule has 1 amide bonds. The van der Waals surface area contributed by atoms with Gasteiger partial charge in [0, 0.05) is 37.4 Å². The molecule has 0 bridgehead atoms. The number of amides is 1. The van der Waals surface area contributed by atoms with Crippen LogP contribution in [0.3, 0.4) is 0 Å². The Kier molecular flexibility index (Phi) is 5.50. The van der Waals surface area contributed by atoms with Crippen LogP contribution in [0.1, 0.15) is 16.1 Å². The smallest absolute Gasteiger partial charge is 0.254 e. The Bertz CT molecular complexity index is 1440. The molecule has 0 saturated carbocycles. The highest BCUT2D eigenvalue weighted by Crippen LogP contribution is 2.27. The van der Waals surface area contributed by atoms with Crippen LogP contribution >= 0.6 is 0 Å². The van der Waals surface area contributed by atoms with Gasteiger partial charge in [0.1, 0.15) is 12.3 Å². The Labute approximate surface area is 203 Å². The Morgan fingerprint density at radius 2 is 1.63 bits per heavy atom. The van der Waals surface area contributed by atoms with E-state index in [2.05, 4.69) is 22.1 Å². The van der Waals surface area contributed by atoms with Gasteiger partial charge in [0.05, 0.1) is 29.1 Å². The molecule has 1 saturated heterocycles. The number of aromatic nitrogens is 3. The number of fused-ring (bicyclic) bond motifs is 1. The fourth-order valence-electron chi connectivity index (χ4n) is 4.62. The molecule has 0 atom stereocenters. The van der Waals surface area contributed by atoms with Gasteiger partial charge in [0.25, 0.3) is 5.91 Å². The predicted octanol–water partition coefficient (Wildman–Crippen LogP) is 4.70. The summed E-state index contributed by atoms with van der Waals surface area (Å²) in [6, 6.07) is 26.0. The lowest BCUT2D eigenvalue weighted by Crippen LogP contribution is -2.48. The summed E-state index contributed by atoms with van der Waals surface area (Å²) in [5.41, 5.74) is 4.21. The Morgan fingerprint density at radius 1 is 0.886 bits per heavy atom. The number of carbonyl (C=O) groups excluding carboxylic acids is 1. The van der Waals surface area contributed by atoms with Crippen LogP contribution in [0.4, 0.5) is 5.69 Å². The van der Waals surface area contributed by atoms with Crippen molar-refractivity contribution in [1.29, 1.82) is 0 Å². The lowest BCUT2D eigenvalue weighted by atomic mass is 10.1. The van der Waals surface area contributed by atoms with Gasteiger partial charge in [-0.05, 0) is 30.3 Å². The highest BCUT2D eigenvalue weighted by molar-refractivity contribution is 6.06. The molecule has 0 radical (unpaired) electrons. The van der Waals surface area contributed by atoms with E-state index in [4.69, 9.17) is 9.40 Å². The highest BCUT2D eigenvalue weighted by Gasteiger charge is 2.26. The Balaban J connectivity index is 1.34. The third kappa shape index (κ3) is 4.17. The van der Waals surface area contributed by atoms with Crippen molar-refractivity contribution in [1.82, 2.24) is 19.7 Å². The first-order valence-corrected chi connectivity index (χ1v) is 11.8. The second-order valence-electron chi connectivity index (χ2n) is 8.65. The topological polar surface area (TPSA) is 67.4 Å². The maximum Gasteiger partial charge on any atom is 0.254 e. The standard InChI is InChI=1S/C28H25N5O2/c34-28(32-15-13-31(14-16-32)22-10-5-2-6-11-22)24-18-26(21-8-3-1-4-9-21)30-27-25(24)19-29-33(27)20-23-12-7-17-35-23/h1-12,17-19H,13-16,20H2. The number of hydrogen-bond donors (Lipinski definition) is 0.